The van der Waals surface area contributed by atoms with Crippen LogP contribution in [0.3, 0.4) is 0 Å². The minimum absolute atomic E-state index is 0.147. The molecule has 2 aliphatic rings. The number of ether oxygens (including phenoxy) is 2. The number of aliphatic hydroxyl groups is 2. The topological polar surface area (TPSA) is 138 Å². The molecule has 4 rings (SSSR count). The van der Waals surface area contributed by atoms with Crippen LogP contribution in [0.1, 0.15) is 84.9 Å². The summed E-state index contributed by atoms with van der Waals surface area (Å²) in [6, 6.07) is 14.0. The highest BCUT2D eigenvalue weighted by atomic mass is 19.3. The Kier molecular flexibility index (Phi) is 12.8. The summed E-state index contributed by atoms with van der Waals surface area (Å²) in [6.45, 7) is -0.313. The number of aliphatic imine (C=N–C) groups is 1. The van der Waals surface area contributed by atoms with Crippen LogP contribution in [0.5, 0.6) is 0 Å². The number of hydrogen-bond acceptors (Lipinski definition) is 8. The number of esters is 1. The predicted octanol–water partition coefficient (Wildman–Crippen LogP) is 5.13. The number of aliphatic hydroxyl groups excluding tert-OH is 1. The van der Waals surface area contributed by atoms with Crippen molar-refractivity contribution in [3.05, 3.63) is 71.8 Å². The van der Waals surface area contributed by atoms with Crippen molar-refractivity contribution in [2.75, 3.05) is 26.3 Å². The molecule has 0 aliphatic carbocycles. The first kappa shape index (κ1) is 35.1. The number of ketones is 1. The highest BCUT2D eigenvalue weighted by Crippen LogP contribution is 2.47. The van der Waals surface area contributed by atoms with Crippen LogP contribution in [0.25, 0.3) is 0 Å². The molecule has 0 radical (unpaired) electrons. The van der Waals surface area contributed by atoms with E-state index in [2.05, 4.69) is 10.3 Å². The Labute approximate surface area is 267 Å². The van der Waals surface area contributed by atoms with E-state index in [0.29, 0.717) is 12.4 Å². The minimum atomic E-state index is -4.27. The van der Waals surface area contributed by atoms with Crippen LogP contribution in [0.2, 0.25) is 0 Å². The Hall–Kier alpha value is -3.74. The lowest BCUT2D eigenvalue weighted by atomic mass is 9.83. The number of carbonyl (C=O) groups is 3. The Bertz CT molecular complexity index is 1330. The summed E-state index contributed by atoms with van der Waals surface area (Å²) in [5, 5.41) is 22.9. The van der Waals surface area contributed by atoms with Gasteiger partial charge >= 0.3 is 17.9 Å². The van der Waals surface area contributed by atoms with Gasteiger partial charge in [-0.15, -0.1) is 0 Å². The zero-order chi connectivity index (χ0) is 33.0. The molecule has 46 heavy (non-hydrogen) atoms. The molecule has 250 valence electrons. The molecule has 2 aromatic rings. The molecule has 2 heterocycles. The maximum Gasteiger partial charge on any atom is 0.338 e. The molecule has 0 spiro atoms. The second-order valence-electron chi connectivity index (χ2n) is 11.6. The van der Waals surface area contributed by atoms with Gasteiger partial charge in [-0.05, 0) is 25.0 Å². The number of nitrogens with zero attached hydrogens (tertiary/aromatic N) is 2. The van der Waals surface area contributed by atoms with E-state index in [-0.39, 0.29) is 30.7 Å². The van der Waals surface area contributed by atoms with Crippen LogP contribution < -0.4 is 5.32 Å². The number of amidine groups is 1. The number of urea groups is 1. The maximum absolute atomic E-state index is 16.2. The van der Waals surface area contributed by atoms with Crippen molar-refractivity contribution in [3.63, 3.8) is 0 Å². The van der Waals surface area contributed by atoms with E-state index in [4.69, 9.17) is 14.6 Å². The SMILES string of the molecule is O=C(OC[C@H]1O[C@@H](N2CCC(=NCCCCCCCCCCCO)NC2=O)C(F)(F)[C@@]1(O)C(=O)c1ccccc1)c1ccccc1. The first-order chi connectivity index (χ1) is 22.2. The molecular formula is C34H43F2N3O7. The molecule has 0 bridgehead atoms. The molecule has 0 saturated carbocycles. The Morgan fingerprint density at radius 1 is 0.913 bits per heavy atom. The molecule has 12 heteroatoms. The van der Waals surface area contributed by atoms with Crippen molar-refractivity contribution in [2.24, 2.45) is 4.99 Å². The zero-order valence-electron chi connectivity index (χ0n) is 25.9. The normalized spacial score (nSPS) is 23.3. The number of carbonyl (C=O) groups excluding carboxylic acids is 3. The summed E-state index contributed by atoms with van der Waals surface area (Å²) in [6.07, 6.45) is 5.23. The summed E-state index contributed by atoms with van der Waals surface area (Å²) in [5.74, 6) is -6.07. The van der Waals surface area contributed by atoms with Gasteiger partial charge in [0.1, 0.15) is 18.5 Å². The average molecular weight is 644 g/mol. The molecule has 2 aliphatic heterocycles. The Morgan fingerprint density at radius 3 is 2.07 bits per heavy atom. The lowest BCUT2D eigenvalue weighted by Crippen LogP contribution is -2.64. The van der Waals surface area contributed by atoms with E-state index >= 15 is 8.78 Å². The molecule has 3 N–H and O–H groups in total. The number of alkyl halides is 2. The summed E-state index contributed by atoms with van der Waals surface area (Å²) in [5.41, 5.74) is -3.48. The highest BCUT2D eigenvalue weighted by Gasteiger charge is 2.75. The minimum Gasteiger partial charge on any atom is -0.459 e. The van der Waals surface area contributed by atoms with Crippen molar-refractivity contribution < 1.29 is 42.9 Å². The number of benzene rings is 2. The smallest absolute Gasteiger partial charge is 0.338 e. The van der Waals surface area contributed by atoms with E-state index in [0.717, 1.165) is 62.7 Å². The number of hydrogen-bond donors (Lipinski definition) is 3. The second kappa shape index (κ2) is 16.7. The first-order valence-electron chi connectivity index (χ1n) is 16.0. The summed E-state index contributed by atoms with van der Waals surface area (Å²) < 4.78 is 43.2. The fourth-order valence-electron chi connectivity index (χ4n) is 5.69. The van der Waals surface area contributed by atoms with Crippen LogP contribution in [0, 0.1) is 0 Å². The van der Waals surface area contributed by atoms with Crippen LogP contribution >= 0.6 is 0 Å². The third-order valence-corrected chi connectivity index (χ3v) is 8.34. The van der Waals surface area contributed by atoms with Crippen LogP contribution in [-0.2, 0) is 9.47 Å². The summed E-state index contributed by atoms with van der Waals surface area (Å²) >= 11 is 0. The van der Waals surface area contributed by atoms with Crippen LogP contribution in [0.4, 0.5) is 13.6 Å². The molecule has 2 fully saturated rings. The summed E-state index contributed by atoms with van der Waals surface area (Å²) in [7, 11) is 0. The van der Waals surface area contributed by atoms with Gasteiger partial charge in [-0.3, -0.25) is 20.0 Å². The molecule has 2 saturated heterocycles. The molecule has 0 unspecified atom stereocenters. The lowest BCUT2D eigenvalue weighted by molar-refractivity contribution is -0.174. The third-order valence-electron chi connectivity index (χ3n) is 8.34. The van der Waals surface area contributed by atoms with Crippen LogP contribution in [-0.4, -0.2) is 88.9 Å². The molecule has 10 nitrogen and oxygen atoms in total. The van der Waals surface area contributed by atoms with Crippen molar-refractivity contribution in [3.8, 4) is 0 Å². The maximum atomic E-state index is 16.2. The standard InChI is InChI=1S/C34H43F2N3O7/c35-34(36)31(39-22-20-28(38-32(39)43)37-21-14-6-4-2-1-3-5-7-15-23-40)46-27(24-45-30(42)26-18-12-9-13-19-26)33(34,44)29(41)25-16-10-8-11-17-25/h8-13,16-19,27,31,40,44H,1-7,14-15,20-24H2,(H,37,38,43)/t27-,31-,33+/m1/s1. The van der Waals surface area contributed by atoms with Crippen LogP contribution in [0.15, 0.2) is 65.7 Å². The van der Waals surface area contributed by atoms with Crippen molar-refractivity contribution >= 4 is 23.6 Å². The van der Waals surface area contributed by atoms with Gasteiger partial charge in [-0.25, -0.2) is 9.59 Å². The predicted molar refractivity (Wildman–Crippen MR) is 167 cm³/mol. The molecule has 3 atom stereocenters. The largest absolute Gasteiger partial charge is 0.459 e. The Balaban J connectivity index is 1.37. The van der Waals surface area contributed by atoms with Crippen molar-refractivity contribution in [1.29, 1.82) is 0 Å². The van der Waals surface area contributed by atoms with Gasteiger partial charge in [-0.2, -0.15) is 8.78 Å². The molecule has 2 aromatic carbocycles. The van der Waals surface area contributed by atoms with Gasteiger partial charge < -0.3 is 19.7 Å². The highest BCUT2D eigenvalue weighted by molar-refractivity contribution is 6.04. The van der Waals surface area contributed by atoms with Gasteiger partial charge in [0.15, 0.2) is 0 Å². The van der Waals surface area contributed by atoms with Crippen molar-refractivity contribution in [2.45, 2.75) is 88.1 Å². The van der Waals surface area contributed by atoms with Gasteiger partial charge in [0.25, 0.3) is 0 Å². The quantitative estimate of drug-likeness (QED) is 0.123. The fourth-order valence-corrected chi connectivity index (χ4v) is 5.69. The number of rotatable bonds is 17. The van der Waals surface area contributed by atoms with Gasteiger partial charge in [0, 0.05) is 31.7 Å². The van der Waals surface area contributed by atoms with E-state index in [1.54, 1.807) is 24.3 Å². The first-order valence-corrected chi connectivity index (χ1v) is 16.0. The monoisotopic (exact) mass is 643 g/mol. The number of unbranched alkanes of at least 4 members (excludes halogenated alkanes) is 8. The zero-order valence-corrected chi connectivity index (χ0v) is 25.9. The van der Waals surface area contributed by atoms with E-state index in [1.807, 2.05) is 0 Å². The molecule has 2 amide bonds. The average Bonchev–Trinajstić information content (AvgIpc) is 3.27. The van der Waals surface area contributed by atoms with Gasteiger partial charge in [0.05, 0.1) is 5.56 Å². The van der Waals surface area contributed by atoms with E-state index < -0.39 is 48.2 Å². The third kappa shape index (κ3) is 8.34. The molecular weight excluding hydrogens is 600 g/mol. The van der Waals surface area contributed by atoms with Gasteiger partial charge in [-0.1, -0.05) is 93.5 Å². The van der Waals surface area contributed by atoms with Gasteiger partial charge in [0.2, 0.25) is 17.6 Å². The molecule has 0 aromatic heterocycles. The number of amides is 2. The van der Waals surface area contributed by atoms with E-state index in [9.17, 15) is 19.5 Å². The number of Topliss-reactive ketones (excluding diaryl/α,β-unsaturated/α-hetero) is 1. The number of halogens is 2. The number of nitrogens with one attached hydrogen (secondary N) is 1. The Morgan fingerprint density at radius 2 is 1.48 bits per heavy atom. The summed E-state index contributed by atoms with van der Waals surface area (Å²) in [4.78, 5) is 44.2. The fraction of sp³-hybridized carbons (Fsp3) is 0.529. The second-order valence-corrected chi connectivity index (χ2v) is 11.6. The van der Waals surface area contributed by atoms with E-state index in [1.165, 1.54) is 36.4 Å². The lowest BCUT2D eigenvalue weighted by Gasteiger charge is -2.37. The van der Waals surface area contributed by atoms with Crippen molar-refractivity contribution in [1.82, 2.24) is 10.2 Å².